The summed E-state index contributed by atoms with van der Waals surface area (Å²) < 4.78 is 0. The Bertz CT molecular complexity index is 2220. The van der Waals surface area contributed by atoms with E-state index in [1.165, 1.54) is 71.8 Å². The lowest BCUT2D eigenvalue weighted by Crippen LogP contribution is -2.28. The number of benzene rings is 6. The number of para-hydroxylation sites is 2. The predicted octanol–water partition coefficient (Wildman–Crippen LogP) is 10.4. The largest absolute Gasteiger partial charge is 0.355 e. The lowest BCUT2D eigenvalue weighted by molar-refractivity contribution is 0.747. The van der Waals surface area contributed by atoms with Gasteiger partial charge in [0.05, 0.1) is 6.04 Å². The summed E-state index contributed by atoms with van der Waals surface area (Å²) in [6.45, 7) is 0. The van der Waals surface area contributed by atoms with Crippen LogP contribution in [-0.4, -0.2) is 11.0 Å². The van der Waals surface area contributed by atoms with E-state index < -0.39 is 0 Å². The van der Waals surface area contributed by atoms with Crippen LogP contribution < -0.4 is 4.90 Å². The van der Waals surface area contributed by atoms with Gasteiger partial charge in [-0.1, -0.05) is 103 Å². The maximum atomic E-state index is 3.65. The zero-order valence-electron chi connectivity index (χ0n) is 23.0. The second-order valence-corrected chi connectivity index (χ2v) is 11.5. The minimum atomic E-state index is 0.273. The smallest absolute Gasteiger partial charge is 0.0630 e. The highest BCUT2D eigenvalue weighted by molar-refractivity contribution is 6.09. The van der Waals surface area contributed by atoms with E-state index in [-0.39, 0.29) is 6.04 Å². The quantitative estimate of drug-likeness (QED) is 0.238. The third kappa shape index (κ3) is 3.59. The number of hydrogen-bond donors (Lipinski definition) is 1. The third-order valence-corrected chi connectivity index (χ3v) is 9.10. The lowest BCUT2D eigenvalue weighted by Gasteiger charge is -2.29. The van der Waals surface area contributed by atoms with Gasteiger partial charge in [-0.25, -0.2) is 0 Å². The molecular weight excluding hydrogens is 508 g/mol. The number of nitrogens with zero attached hydrogens (tertiary/aromatic N) is 1. The Hall–Kier alpha value is -5.34. The molecule has 0 spiro atoms. The first-order chi connectivity index (χ1) is 20.8. The van der Waals surface area contributed by atoms with Crippen molar-refractivity contribution in [2.75, 3.05) is 4.90 Å². The van der Waals surface area contributed by atoms with Crippen molar-refractivity contribution in [1.29, 1.82) is 0 Å². The molecule has 1 aromatic heterocycles. The summed E-state index contributed by atoms with van der Waals surface area (Å²) in [5, 5.41) is 5.06. The van der Waals surface area contributed by atoms with Crippen LogP contribution in [0, 0.1) is 0 Å². The average Bonchev–Trinajstić information content (AvgIpc) is 3.59. The van der Waals surface area contributed by atoms with E-state index in [0.29, 0.717) is 5.92 Å². The molecule has 2 atom stereocenters. The van der Waals surface area contributed by atoms with E-state index in [1.807, 2.05) is 0 Å². The van der Waals surface area contributed by atoms with Crippen LogP contribution in [0.1, 0.15) is 17.0 Å². The van der Waals surface area contributed by atoms with Crippen molar-refractivity contribution in [3.05, 3.63) is 163 Å². The number of nitrogens with one attached hydrogen (secondary N) is 1. The summed E-state index contributed by atoms with van der Waals surface area (Å²) >= 11 is 0. The Kier molecular flexibility index (Phi) is 5.06. The van der Waals surface area contributed by atoms with Gasteiger partial charge in [0.25, 0.3) is 0 Å². The van der Waals surface area contributed by atoms with Crippen molar-refractivity contribution >= 4 is 49.5 Å². The molecule has 7 aromatic rings. The number of H-pyrrole nitrogens is 1. The second kappa shape index (κ2) is 9.09. The van der Waals surface area contributed by atoms with Crippen molar-refractivity contribution in [1.82, 2.24) is 4.98 Å². The van der Waals surface area contributed by atoms with Crippen LogP contribution in [0.4, 0.5) is 11.4 Å². The minimum absolute atomic E-state index is 0.273. The summed E-state index contributed by atoms with van der Waals surface area (Å²) in [6, 6.07) is 48.9. The van der Waals surface area contributed by atoms with Gasteiger partial charge in [0.15, 0.2) is 0 Å². The molecule has 0 saturated heterocycles. The molecule has 2 unspecified atom stereocenters. The molecule has 1 aliphatic carbocycles. The Morgan fingerprint density at radius 2 is 1.21 bits per heavy atom. The van der Waals surface area contributed by atoms with Gasteiger partial charge in [0.1, 0.15) is 0 Å². The fourth-order valence-electron chi connectivity index (χ4n) is 7.06. The molecule has 0 amide bonds. The Balaban J connectivity index is 1.13. The molecule has 0 fully saturated rings. The molecule has 2 heteroatoms. The maximum absolute atomic E-state index is 3.65. The normalized spacial score (nSPS) is 17.5. The van der Waals surface area contributed by atoms with Gasteiger partial charge in [-0.3, -0.25) is 0 Å². The zero-order chi connectivity index (χ0) is 27.6. The van der Waals surface area contributed by atoms with Crippen molar-refractivity contribution < 1.29 is 0 Å². The Morgan fingerprint density at radius 3 is 2.07 bits per heavy atom. The molecule has 0 radical (unpaired) electrons. The van der Waals surface area contributed by atoms with E-state index >= 15 is 0 Å². The van der Waals surface area contributed by atoms with Crippen LogP contribution in [-0.2, 0) is 0 Å². The van der Waals surface area contributed by atoms with Gasteiger partial charge in [-0.2, -0.15) is 0 Å². The molecule has 2 heterocycles. The van der Waals surface area contributed by atoms with Gasteiger partial charge < -0.3 is 9.88 Å². The number of allylic oxidation sites excluding steroid dienone is 2. The highest BCUT2D eigenvalue weighted by atomic mass is 15.2. The molecule has 9 rings (SSSR count). The zero-order valence-corrected chi connectivity index (χ0v) is 23.0. The number of aromatic amines is 1. The Morgan fingerprint density at radius 1 is 0.548 bits per heavy atom. The third-order valence-electron chi connectivity index (χ3n) is 9.10. The fourth-order valence-corrected chi connectivity index (χ4v) is 7.06. The summed E-state index contributed by atoms with van der Waals surface area (Å²) in [5.74, 6) is 0.305. The first-order valence-electron chi connectivity index (χ1n) is 14.7. The number of fused-ring (bicyclic) bond motifs is 7. The molecule has 198 valence electrons. The molecule has 1 aliphatic heterocycles. The van der Waals surface area contributed by atoms with Crippen molar-refractivity contribution in [3.8, 4) is 11.1 Å². The van der Waals surface area contributed by atoms with Crippen molar-refractivity contribution in [2.24, 2.45) is 0 Å². The van der Waals surface area contributed by atoms with Crippen LogP contribution >= 0.6 is 0 Å². The van der Waals surface area contributed by atoms with E-state index in [0.717, 1.165) is 0 Å². The lowest BCUT2D eigenvalue weighted by atomic mass is 9.86. The van der Waals surface area contributed by atoms with E-state index in [1.54, 1.807) is 0 Å². The topological polar surface area (TPSA) is 19.0 Å². The summed E-state index contributed by atoms with van der Waals surface area (Å²) in [7, 11) is 0. The first kappa shape index (κ1) is 23.4. The van der Waals surface area contributed by atoms with E-state index in [9.17, 15) is 0 Å². The molecule has 6 aromatic carbocycles. The van der Waals surface area contributed by atoms with Gasteiger partial charge in [-0.15, -0.1) is 0 Å². The maximum Gasteiger partial charge on any atom is 0.0630 e. The fraction of sp³-hybridized carbons (Fsp3) is 0.0500. The van der Waals surface area contributed by atoms with Crippen LogP contribution in [0.5, 0.6) is 0 Å². The average molecular weight is 537 g/mol. The van der Waals surface area contributed by atoms with Gasteiger partial charge in [0.2, 0.25) is 0 Å². The molecule has 2 nitrogen and oxygen atoms in total. The number of hydrogen-bond acceptors (Lipinski definition) is 1. The van der Waals surface area contributed by atoms with Crippen molar-refractivity contribution in [3.63, 3.8) is 0 Å². The predicted molar refractivity (Wildman–Crippen MR) is 177 cm³/mol. The number of aromatic nitrogens is 1. The SMILES string of the molecule is C1=CC2C(C=C1c1ccc3[nH]c4ccc(-c5ccc6ccccc6c5)cc4c3c1)c1ccccc1N2c1ccccc1. The monoisotopic (exact) mass is 536 g/mol. The first-order valence-corrected chi connectivity index (χ1v) is 14.7. The van der Waals surface area contributed by atoms with E-state index in [2.05, 4.69) is 162 Å². The van der Waals surface area contributed by atoms with E-state index in [4.69, 9.17) is 0 Å². The molecule has 42 heavy (non-hydrogen) atoms. The summed E-state index contributed by atoms with van der Waals surface area (Å²) in [5.41, 5.74) is 11.3. The van der Waals surface area contributed by atoms with Crippen LogP contribution in [0.3, 0.4) is 0 Å². The minimum Gasteiger partial charge on any atom is -0.355 e. The second-order valence-electron chi connectivity index (χ2n) is 11.5. The molecule has 2 aliphatic rings. The van der Waals surface area contributed by atoms with Crippen molar-refractivity contribution in [2.45, 2.75) is 12.0 Å². The Labute approximate surface area is 244 Å². The molecule has 1 N–H and O–H groups in total. The highest BCUT2D eigenvalue weighted by Crippen LogP contribution is 2.49. The highest BCUT2D eigenvalue weighted by Gasteiger charge is 2.38. The summed E-state index contributed by atoms with van der Waals surface area (Å²) in [4.78, 5) is 6.13. The van der Waals surface area contributed by atoms with Crippen LogP contribution in [0.2, 0.25) is 0 Å². The van der Waals surface area contributed by atoms with Gasteiger partial charge in [0, 0.05) is 39.1 Å². The number of rotatable bonds is 3. The van der Waals surface area contributed by atoms with Gasteiger partial charge >= 0.3 is 0 Å². The number of anilines is 2. The van der Waals surface area contributed by atoms with Crippen LogP contribution in [0.25, 0.3) is 49.3 Å². The van der Waals surface area contributed by atoms with Crippen LogP contribution in [0.15, 0.2) is 152 Å². The standard InChI is InChI=1S/C40H28N2/c1-2-10-32(11-3-1)42-39-13-7-6-12-33(39)36-25-31(18-21-40(36)42)30-17-20-38-35(24-30)34-23-29(16-19-37(34)41-38)28-15-14-26-8-4-5-9-27(26)22-28/h1-25,36,40-41H. The molecular formula is C40H28N2. The summed E-state index contributed by atoms with van der Waals surface area (Å²) in [6.07, 6.45) is 7.19. The molecule has 0 saturated carbocycles. The molecule has 0 bridgehead atoms. The van der Waals surface area contributed by atoms with Gasteiger partial charge in [-0.05, 0) is 87.1 Å².